The molecule has 0 aromatic heterocycles. The van der Waals surface area contributed by atoms with Crippen molar-refractivity contribution in [3.63, 3.8) is 0 Å². The molecule has 1 aliphatic rings. The van der Waals surface area contributed by atoms with E-state index in [0.29, 0.717) is 12.5 Å². The van der Waals surface area contributed by atoms with Gasteiger partial charge in [0.05, 0.1) is 7.11 Å². The number of methoxy groups -OCH3 is 1. The fraction of sp³-hybridized carbons (Fsp3) is 0.500. The number of likely N-dealkylation sites (N-methyl/N-ethyl adjacent to an activating group) is 1. The summed E-state index contributed by atoms with van der Waals surface area (Å²) in [5, 5.41) is 3.50. The van der Waals surface area contributed by atoms with Crippen LogP contribution in [0.3, 0.4) is 0 Å². The fourth-order valence-corrected chi connectivity index (χ4v) is 2.73. The highest BCUT2D eigenvalue weighted by Crippen LogP contribution is 2.23. The van der Waals surface area contributed by atoms with E-state index in [9.17, 15) is 4.79 Å². The number of carbonyl (C=O) groups is 1. The molecule has 0 saturated carbocycles. The molecule has 1 N–H and O–H groups in total. The third kappa shape index (κ3) is 3.70. The lowest BCUT2D eigenvalue weighted by atomic mass is 10.1. The van der Waals surface area contributed by atoms with Crippen molar-refractivity contribution < 1.29 is 9.53 Å². The Kier molecular flexibility index (Phi) is 4.82. The van der Waals surface area contributed by atoms with E-state index < -0.39 is 0 Å². The Morgan fingerprint density at radius 1 is 1.53 bits per heavy atom. The van der Waals surface area contributed by atoms with Gasteiger partial charge in [-0.3, -0.25) is 4.79 Å². The number of nitrogens with one attached hydrogen (secondary N) is 1. The van der Waals surface area contributed by atoms with Crippen molar-refractivity contribution in [1.29, 1.82) is 0 Å². The van der Waals surface area contributed by atoms with Gasteiger partial charge in [0.25, 0.3) is 0 Å². The van der Waals surface area contributed by atoms with Gasteiger partial charge in [-0.1, -0.05) is 15.9 Å². The molecule has 0 aliphatic carbocycles. The Morgan fingerprint density at radius 2 is 2.32 bits per heavy atom. The molecule has 1 fully saturated rings. The molecule has 1 amide bonds. The Bertz CT molecular complexity index is 465. The van der Waals surface area contributed by atoms with Gasteiger partial charge < -0.3 is 15.0 Å². The molecule has 5 heteroatoms. The second-order valence-electron chi connectivity index (χ2n) is 4.85. The molecule has 1 saturated heterocycles. The van der Waals surface area contributed by atoms with E-state index in [1.165, 1.54) is 0 Å². The summed E-state index contributed by atoms with van der Waals surface area (Å²) < 4.78 is 6.40. The lowest BCUT2D eigenvalue weighted by Crippen LogP contribution is -2.46. The first-order valence-corrected chi connectivity index (χ1v) is 7.19. The molecular formula is C14H19BrN2O2. The smallest absolute Gasteiger partial charge is 0.222 e. The third-order valence-electron chi connectivity index (χ3n) is 3.45. The van der Waals surface area contributed by atoms with Gasteiger partial charge in [-0.2, -0.15) is 0 Å². The van der Waals surface area contributed by atoms with Gasteiger partial charge in [-0.25, -0.2) is 0 Å². The van der Waals surface area contributed by atoms with Gasteiger partial charge in [0, 0.05) is 42.6 Å². The maximum atomic E-state index is 11.4. The minimum Gasteiger partial charge on any atom is -0.496 e. The third-order valence-corrected chi connectivity index (χ3v) is 3.94. The number of carbonyl (C=O) groups excluding carboxylic acids is 1. The normalized spacial score (nSPS) is 19.6. The lowest BCUT2D eigenvalue weighted by molar-refractivity contribution is -0.132. The topological polar surface area (TPSA) is 41.6 Å². The van der Waals surface area contributed by atoms with E-state index >= 15 is 0 Å². The molecule has 1 atom stereocenters. The Morgan fingerprint density at radius 3 is 3.00 bits per heavy atom. The van der Waals surface area contributed by atoms with Crippen molar-refractivity contribution in [1.82, 2.24) is 10.2 Å². The van der Waals surface area contributed by atoms with Crippen LogP contribution in [0.25, 0.3) is 0 Å². The van der Waals surface area contributed by atoms with E-state index in [4.69, 9.17) is 4.74 Å². The highest BCUT2D eigenvalue weighted by atomic mass is 79.9. The second kappa shape index (κ2) is 6.39. The molecule has 0 spiro atoms. The monoisotopic (exact) mass is 326 g/mol. The van der Waals surface area contributed by atoms with Crippen molar-refractivity contribution >= 4 is 21.8 Å². The number of amides is 1. The maximum absolute atomic E-state index is 11.4. The quantitative estimate of drug-likeness (QED) is 0.922. The van der Waals surface area contributed by atoms with Gasteiger partial charge in [0.1, 0.15) is 5.75 Å². The number of halogens is 1. The van der Waals surface area contributed by atoms with Crippen LogP contribution in [-0.4, -0.2) is 37.6 Å². The van der Waals surface area contributed by atoms with Crippen LogP contribution in [0, 0.1) is 0 Å². The molecule has 1 heterocycles. The van der Waals surface area contributed by atoms with Crippen molar-refractivity contribution in [3.05, 3.63) is 28.2 Å². The zero-order valence-corrected chi connectivity index (χ0v) is 12.9. The van der Waals surface area contributed by atoms with Gasteiger partial charge in [0.2, 0.25) is 5.91 Å². The molecule has 4 nitrogen and oxygen atoms in total. The Balaban J connectivity index is 1.95. The molecule has 1 aromatic carbocycles. The highest BCUT2D eigenvalue weighted by molar-refractivity contribution is 9.10. The van der Waals surface area contributed by atoms with E-state index in [1.807, 2.05) is 19.2 Å². The first kappa shape index (κ1) is 14.3. The van der Waals surface area contributed by atoms with Gasteiger partial charge >= 0.3 is 0 Å². The van der Waals surface area contributed by atoms with Gasteiger partial charge in [0.15, 0.2) is 0 Å². The highest BCUT2D eigenvalue weighted by Gasteiger charge is 2.22. The first-order valence-electron chi connectivity index (χ1n) is 6.40. The van der Waals surface area contributed by atoms with Gasteiger partial charge in [-0.05, 0) is 24.6 Å². The maximum Gasteiger partial charge on any atom is 0.222 e. The first-order chi connectivity index (χ1) is 9.10. The molecule has 19 heavy (non-hydrogen) atoms. The number of hydrogen-bond acceptors (Lipinski definition) is 3. The molecule has 1 unspecified atom stereocenters. The fourth-order valence-electron chi connectivity index (χ4n) is 2.32. The molecule has 1 aliphatic heterocycles. The summed E-state index contributed by atoms with van der Waals surface area (Å²) in [7, 11) is 3.54. The zero-order chi connectivity index (χ0) is 13.8. The summed E-state index contributed by atoms with van der Waals surface area (Å²) in [5.41, 5.74) is 1.12. The van der Waals surface area contributed by atoms with Crippen LogP contribution in [0.4, 0.5) is 0 Å². The number of nitrogens with zero attached hydrogens (tertiary/aromatic N) is 1. The number of likely N-dealkylation sites (tertiary alicyclic amines) is 1. The zero-order valence-electron chi connectivity index (χ0n) is 11.3. The molecular weight excluding hydrogens is 308 g/mol. The predicted molar refractivity (Wildman–Crippen MR) is 78.2 cm³/mol. The summed E-state index contributed by atoms with van der Waals surface area (Å²) in [6.45, 7) is 1.52. The van der Waals surface area contributed by atoms with Crippen LogP contribution in [0.5, 0.6) is 5.75 Å². The van der Waals surface area contributed by atoms with Crippen LogP contribution in [0.1, 0.15) is 18.4 Å². The summed E-state index contributed by atoms with van der Waals surface area (Å²) >= 11 is 3.47. The Labute approximate surface area is 122 Å². The minimum atomic E-state index is 0.234. The van der Waals surface area contributed by atoms with Crippen LogP contribution < -0.4 is 10.1 Å². The lowest BCUT2D eigenvalue weighted by Gasteiger charge is -2.30. The van der Waals surface area contributed by atoms with Crippen molar-refractivity contribution in [2.45, 2.75) is 25.4 Å². The number of hydrogen-bond donors (Lipinski definition) is 1. The summed E-state index contributed by atoms with van der Waals surface area (Å²) in [4.78, 5) is 13.2. The van der Waals surface area contributed by atoms with Crippen molar-refractivity contribution in [3.8, 4) is 5.75 Å². The van der Waals surface area contributed by atoms with E-state index in [-0.39, 0.29) is 5.91 Å². The predicted octanol–water partition coefficient (Wildman–Crippen LogP) is 2.17. The summed E-state index contributed by atoms with van der Waals surface area (Å²) in [5.74, 6) is 1.12. The van der Waals surface area contributed by atoms with Crippen molar-refractivity contribution in [2.75, 3.05) is 20.7 Å². The average Bonchev–Trinajstić information content (AvgIpc) is 2.40. The standard InChI is InChI=1S/C14H19BrN2O2/c1-17-9-12(4-6-14(17)18)16-8-10-7-11(15)3-5-13(10)19-2/h3,5,7,12,16H,4,6,8-9H2,1-2H3. The van der Waals surface area contributed by atoms with E-state index in [0.717, 1.165) is 35.3 Å². The number of benzene rings is 1. The number of ether oxygens (including phenoxy) is 1. The molecule has 0 radical (unpaired) electrons. The molecule has 2 rings (SSSR count). The number of rotatable bonds is 4. The SMILES string of the molecule is COc1ccc(Br)cc1CNC1CCC(=O)N(C)C1. The van der Waals surface area contributed by atoms with Crippen LogP contribution in [0.2, 0.25) is 0 Å². The summed E-state index contributed by atoms with van der Waals surface area (Å²) in [6, 6.07) is 6.34. The van der Waals surface area contributed by atoms with Crippen molar-refractivity contribution in [2.24, 2.45) is 0 Å². The van der Waals surface area contributed by atoms with Crippen LogP contribution >= 0.6 is 15.9 Å². The van der Waals surface area contributed by atoms with E-state index in [1.54, 1.807) is 12.0 Å². The van der Waals surface area contributed by atoms with Gasteiger partial charge in [-0.15, -0.1) is 0 Å². The minimum absolute atomic E-state index is 0.234. The summed E-state index contributed by atoms with van der Waals surface area (Å²) in [6.07, 6.45) is 1.53. The van der Waals surface area contributed by atoms with Crippen LogP contribution in [-0.2, 0) is 11.3 Å². The van der Waals surface area contributed by atoms with Crippen LogP contribution in [0.15, 0.2) is 22.7 Å². The Hall–Kier alpha value is -1.07. The molecule has 104 valence electrons. The van der Waals surface area contributed by atoms with E-state index in [2.05, 4.69) is 27.3 Å². The second-order valence-corrected chi connectivity index (χ2v) is 5.76. The number of piperidine rings is 1. The molecule has 1 aromatic rings. The average molecular weight is 327 g/mol. The molecule has 0 bridgehead atoms. The largest absolute Gasteiger partial charge is 0.496 e.